The molecule has 1 aromatic heterocycles. The molecule has 0 aliphatic carbocycles. The average Bonchev–Trinajstić information content (AvgIpc) is 3.46. The van der Waals surface area contributed by atoms with Crippen molar-refractivity contribution in [1.29, 1.82) is 0 Å². The summed E-state index contributed by atoms with van der Waals surface area (Å²) >= 11 is 1.22. The number of fused-ring (bicyclic) bond motifs is 1. The number of ether oxygens (including phenoxy) is 3. The Morgan fingerprint density at radius 1 is 0.784 bits per heavy atom. The summed E-state index contributed by atoms with van der Waals surface area (Å²) in [5.74, 6) is -0.315. The van der Waals surface area contributed by atoms with Crippen LogP contribution in [0.25, 0.3) is 10.4 Å². The molecular formula is C29H23NO6S. The Morgan fingerprint density at radius 2 is 1.35 bits per heavy atom. The second-order valence-electron chi connectivity index (χ2n) is 8.43. The van der Waals surface area contributed by atoms with Crippen molar-refractivity contribution >= 4 is 33.9 Å². The summed E-state index contributed by atoms with van der Waals surface area (Å²) in [4.78, 5) is 42.5. The van der Waals surface area contributed by atoms with E-state index in [0.29, 0.717) is 28.4 Å². The van der Waals surface area contributed by atoms with Gasteiger partial charge in [-0.05, 0) is 42.8 Å². The smallest absolute Gasteiger partial charge is 0.266 e. The number of carbonyl (C=O) groups excluding carboxylic acids is 3. The Bertz CT molecular complexity index is 1490. The third-order valence-corrected chi connectivity index (χ3v) is 7.39. The molecule has 0 bridgehead atoms. The van der Waals surface area contributed by atoms with Gasteiger partial charge in [0, 0.05) is 10.4 Å². The lowest BCUT2D eigenvalue weighted by atomic mass is 10.0. The van der Waals surface area contributed by atoms with Gasteiger partial charge in [0.05, 0.1) is 38.0 Å². The molecule has 186 valence electrons. The molecule has 2 amide bonds. The Labute approximate surface area is 217 Å². The van der Waals surface area contributed by atoms with Gasteiger partial charge in [-0.15, -0.1) is 11.3 Å². The summed E-state index contributed by atoms with van der Waals surface area (Å²) in [6.07, 6.45) is 0. The molecule has 1 aliphatic rings. The molecule has 0 atom stereocenters. The monoisotopic (exact) mass is 513 g/mol. The summed E-state index contributed by atoms with van der Waals surface area (Å²) in [5.41, 5.74) is 3.07. The minimum absolute atomic E-state index is 0.226. The minimum Gasteiger partial charge on any atom is -0.493 e. The van der Waals surface area contributed by atoms with Crippen LogP contribution >= 0.6 is 11.3 Å². The third-order valence-electron chi connectivity index (χ3n) is 6.22. The molecule has 0 saturated carbocycles. The van der Waals surface area contributed by atoms with Crippen LogP contribution in [0.1, 0.15) is 42.2 Å². The first-order chi connectivity index (χ1) is 17.9. The summed E-state index contributed by atoms with van der Waals surface area (Å²) in [6, 6.07) is 19.3. The molecule has 0 unspecified atom stereocenters. The number of benzene rings is 3. The van der Waals surface area contributed by atoms with Gasteiger partial charge in [-0.1, -0.05) is 42.0 Å². The number of imide groups is 1. The van der Waals surface area contributed by atoms with Crippen LogP contribution < -0.4 is 19.1 Å². The number of rotatable bonds is 7. The number of thiophene rings is 1. The van der Waals surface area contributed by atoms with Gasteiger partial charge in [0.2, 0.25) is 5.75 Å². The van der Waals surface area contributed by atoms with Gasteiger partial charge in [-0.3, -0.25) is 14.4 Å². The van der Waals surface area contributed by atoms with Crippen molar-refractivity contribution in [3.05, 3.63) is 94.5 Å². The first kappa shape index (κ1) is 24.3. The molecule has 8 heteroatoms. The first-order valence-electron chi connectivity index (χ1n) is 11.4. The minimum atomic E-state index is -0.461. The van der Waals surface area contributed by atoms with E-state index in [-0.39, 0.29) is 21.9 Å². The number of nitrogens with zero attached hydrogens (tertiary/aromatic N) is 1. The van der Waals surface area contributed by atoms with Crippen LogP contribution in [0.15, 0.2) is 66.7 Å². The molecule has 5 rings (SSSR count). The van der Waals surface area contributed by atoms with Crippen molar-refractivity contribution in [2.45, 2.75) is 6.92 Å². The number of methoxy groups -OCH3 is 3. The van der Waals surface area contributed by atoms with Gasteiger partial charge >= 0.3 is 0 Å². The van der Waals surface area contributed by atoms with E-state index in [0.717, 1.165) is 20.9 Å². The SMILES string of the molecule is COc1cc(C(=O)c2cc(-c3ccc(C)cc3)sc2N2C(=O)c3ccccc3C2=O)cc(OC)c1OC. The van der Waals surface area contributed by atoms with Gasteiger partial charge in [0.25, 0.3) is 11.8 Å². The number of hydrogen-bond acceptors (Lipinski definition) is 7. The van der Waals surface area contributed by atoms with E-state index in [2.05, 4.69) is 0 Å². The molecular weight excluding hydrogens is 490 g/mol. The van der Waals surface area contributed by atoms with Crippen molar-refractivity contribution in [1.82, 2.24) is 0 Å². The molecule has 7 nitrogen and oxygen atoms in total. The normalized spacial score (nSPS) is 12.5. The van der Waals surface area contributed by atoms with Gasteiger partial charge in [0.15, 0.2) is 17.3 Å². The quantitative estimate of drug-likeness (QED) is 0.230. The average molecular weight is 514 g/mol. The molecule has 2 heterocycles. The molecule has 0 radical (unpaired) electrons. The highest BCUT2D eigenvalue weighted by Crippen LogP contribution is 2.44. The van der Waals surface area contributed by atoms with Crippen molar-refractivity contribution in [3.63, 3.8) is 0 Å². The zero-order chi connectivity index (χ0) is 26.3. The topological polar surface area (TPSA) is 82.1 Å². The Morgan fingerprint density at radius 3 is 1.86 bits per heavy atom. The Balaban J connectivity index is 1.68. The van der Waals surface area contributed by atoms with Crippen molar-refractivity contribution in [2.24, 2.45) is 0 Å². The number of amides is 2. The number of aryl methyl sites for hydroxylation is 1. The molecule has 3 aromatic carbocycles. The second-order valence-corrected chi connectivity index (χ2v) is 9.46. The highest BCUT2D eigenvalue weighted by molar-refractivity contribution is 7.20. The van der Waals surface area contributed by atoms with Crippen molar-refractivity contribution in [3.8, 4) is 27.7 Å². The third kappa shape index (κ3) is 4.05. The molecule has 1 aliphatic heterocycles. The number of anilines is 1. The van der Waals surface area contributed by atoms with Gasteiger partial charge in [-0.25, -0.2) is 4.90 Å². The van der Waals surface area contributed by atoms with E-state index in [9.17, 15) is 14.4 Å². The molecule has 4 aromatic rings. The van der Waals surface area contributed by atoms with Gasteiger partial charge in [0.1, 0.15) is 5.00 Å². The molecule has 37 heavy (non-hydrogen) atoms. The first-order valence-corrected chi connectivity index (χ1v) is 12.2. The molecule has 0 spiro atoms. The highest BCUT2D eigenvalue weighted by Gasteiger charge is 2.39. The fraction of sp³-hybridized carbons (Fsp3) is 0.138. The predicted molar refractivity (Wildman–Crippen MR) is 142 cm³/mol. The molecule has 0 N–H and O–H groups in total. The van der Waals surface area contributed by atoms with E-state index >= 15 is 0 Å². The predicted octanol–water partition coefficient (Wildman–Crippen LogP) is 5.78. The van der Waals surface area contributed by atoms with Crippen LogP contribution in [0.5, 0.6) is 17.2 Å². The lowest BCUT2D eigenvalue weighted by molar-refractivity contribution is 0.0927. The maximum absolute atomic E-state index is 14.0. The second kappa shape index (κ2) is 9.55. The van der Waals surface area contributed by atoms with Crippen LogP contribution in [0.4, 0.5) is 5.00 Å². The van der Waals surface area contributed by atoms with Crippen molar-refractivity contribution in [2.75, 3.05) is 26.2 Å². The van der Waals surface area contributed by atoms with E-state index in [1.54, 1.807) is 42.5 Å². The van der Waals surface area contributed by atoms with E-state index < -0.39 is 11.8 Å². The Hall–Kier alpha value is -4.43. The van der Waals surface area contributed by atoms with Crippen LogP contribution in [0, 0.1) is 6.92 Å². The number of hydrogen-bond donors (Lipinski definition) is 0. The lowest BCUT2D eigenvalue weighted by Gasteiger charge is -2.16. The summed E-state index contributed by atoms with van der Waals surface area (Å²) in [5, 5.41) is 0.264. The van der Waals surface area contributed by atoms with Crippen LogP contribution in [0.2, 0.25) is 0 Å². The summed E-state index contributed by atoms with van der Waals surface area (Å²) in [6.45, 7) is 1.99. The molecule has 0 fully saturated rings. The lowest BCUT2D eigenvalue weighted by Crippen LogP contribution is -2.29. The number of carbonyl (C=O) groups is 3. The van der Waals surface area contributed by atoms with Gasteiger partial charge in [-0.2, -0.15) is 0 Å². The van der Waals surface area contributed by atoms with Crippen LogP contribution in [0.3, 0.4) is 0 Å². The van der Waals surface area contributed by atoms with E-state index in [1.807, 2.05) is 31.2 Å². The highest BCUT2D eigenvalue weighted by atomic mass is 32.1. The fourth-order valence-electron chi connectivity index (χ4n) is 4.31. The van der Waals surface area contributed by atoms with Gasteiger partial charge < -0.3 is 14.2 Å². The maximum atomic E-state index is 14.0. The molecule has 0 saturated heterocycles. The zero-order valence-corrected chi connectivity index (χ0v) is 21.5. The number of ketones is 1. The van der Waals surface area contributed by atoms with E-state index in [4.69, 9.17) is 14.2 Å². The summed E-state index contributed by atoms with van der Waals surface area (Å²) in [7, 11) is 4.42. The van der Waals surface area contributed by atoms with E-state index in [1.165, 1.54) is 32.7 Å². The zero-order valence-electron chi connectivity index (χ0n) is 20.7. The van der Waals surface area contributed by atoms with Crippen molar-refractivity contribution < 1.29 is 28.6 Å². The maximum Gasteiger partial charge on any atom is 0.266 e. The Kier molecular flexibility index (Phi) is 6.27. The van der Waals surface area contributed by atoms with Crippen LogP contribution in [-0.4, -0.2) is 38.9 Å². The van der Waals surface area contributed by atoms with Crippen LogP contribution in [-0.2, 0) is 0 Å². The summed E-state index contributed by atoms with van der Waals surface area (Å²) < 4.78 is 16.2. The standard InChI is InChI=1S/C29H23NO6S/c1-16-9-11-17(12-10-16)24-15-21(25(31)18-13-22(34-2)26(36-4)23(14-18)35-3)29(37-24)30-27(32)19-7-5-6-8-20(19)28(30)33/h5-15H,1-4H3. The fourth-order valence-corrected chi connectivity index (χ4v) is 5.47. The largest absolute Gasteiger partial charge is 0.493 e.